The molecule has 0 saturated carbocycles. The molecule has 0 amide bonds. The average Bonchev–Trinajstić information content (AvgIpc) is 2.46. The first-order chi connectivity index (χ1) is 10.0. The lowest BCUT2D eigenvalue weighted by molar-refractivity contribution is -0.0503. The number of hydrogen-bond acceptors (Lipinski definition) is 2. The Labute approximate surface area is 134 Å². The summed E-state index contributed by atoms with van der Waals surface area (Å²) in [4.78, 5) is -0.370. The predicted molar refractivity (Wildman–Crippen MR) is 81.8 cm³/mol. The van der Waals surface area contributed by atoms with Gasteiger partial charge >= 0.3 is 6.61 Å². The van der Waals surface area contributed by atoms with Crippen molar-refractivity contribution in [3.05, 3.63) is 58.6 Å². The molecule has 112 valence electrons. The quantitative estimate of drug-likeness (QED) is 0.647. The Morgan fingerprint density at radius 1 is 1.10 bits per heavy atom. The van der Waals surface area contributed by atoms with Crippen LogP contribution < -0.4 is 9.47 Å². The number of halogens is 4. The van der Waals surface area contributed by atoms with E-state index >= 15 is 0 Å². The summed E-state index contributed by atoms with van der Waals surface area (Å²) in [5.74, 6) is 0.738. The number of para-hydroxylation sites is 1. The third kappa shape index (κ3) is 3.86. The van der Waals surface area contributed by atoms with Crippen molar-refractivity contribution in [2.75, 3.05) is 7.11 Å². The predicted octanol–water partition coefficient (Wildman–Crippen LogP) is 5.43. The second-order valence-electron chi connectivity index (χ2n) is 4.17. The van der Waals surface area contributed by atoms with Crippen LogP contribution >= 0.6 is 27.5 Å². The molecular weight excluding hydrogens is 366 g/mol. The molecule has 2 aromatic rings. The Bertz CT molecular complexity index is 622. The Kier molecular flexibility index (Phi) is 5.42. The molecule has 0 aliphatic rings. The molecule has 0 radical (unpaired) electrons. The van der Waals surface area contributed by atoms with E-state index in [1.807, 2.05) is 0 Å². The fourth-order valence-electron chi connectivity index (χ4n) is 1.90. The molecule has 0 aromatic heterocycles. The van der Waals surface area contributed by atoms with Gasteiger partial charge in [-0.15, -0.1) is 0 Å². The molecule has 2 nitrogen and oxygen atoms in total. The van der Waals surface area contributed by atoms with Gasteiger partial charge in [0, 0.05) is 10.6 Å². The molecule has 0 bridgehead atoms. The normalized spacial score (nSPS) is 12.3. The molecule has 0 saturated heterocycles. The average molecular weight is 378 g/mol. The van der Waals surface area contributed by atoms with Crippen molar-refractivity contribution in [2.24, 2.45) is 0 Å². The van der Waals surface area contributed by atoms with Crippen LogP contribution in [-0.2, 0) is 0 Å². The highest BCUT2D eigenvalue weighted by atomic mass is 79.9. The highest BCUT2D eigenvalue weighted by Crippen LogP contribution is 2.40. The van der Waals surface area contributed by atoms with Gasteiger partial charge in [-0.3, -0.25) is 0 Å². The zero-order chi connectivity index (χ0) is 15.4. The zero-order valence-electron chi connectivity index (χ0n) is 11.0. The maximum absolute atomic E-state index is 12.5. The minimum Gasteiger partial charge on any atom is -0.497 e. The van der Waals surface area contributed by atoms with Gasteiger partial charge in [-0.2, -0.15) is 8.78 Å². The van der Waals surface area contributed by atoms with Crippen molar-refractivity contribution < 1.29 is 18.3 Å². The summed E-state index contributed by atoms with van der Waals surface area (Å²) in [5, 5.41) is 0.475. The second kappa shape index (κ2) is 7.09. The third-order valence-corrected chi connectivity index (χ3v) is 4.20. The van der Waals surface area contributed by atoms with Gasteiger partial charge in [-0.1, -0.05) is 51.8 Å². The monoisotopic (exact) mass is 376 g/mol. The summed E-state index contributed by atoms with van der Waals surface area (Å²) in [5.41, 5.74) is 1.31. The first-order valence-corrected chi connectivity index (χ1v) is 7.33. The summed E-state index contributed by atoms with van der Waals surface area (Å²) in [6.07, 6.45) is 0. The van der Waals surface area contributed by atoms with Crippen molar-refractivity contribution in [3.8, 4) is 11.5 Å². The van der Waals surface area contributed by atoms with Crippen LogP contribution in [0.25, 0.3) is 0 Å². The molecule has 0 N–H and O–H groups in total. The summed E-state index contributed by atoms with van der Waals surface area (Å²) in [7, 11) is 1.54. The van der Waals surface area contributed by atoms with Gasteiger partial charge in [0.15, 0.2) is 0 Å². The zero-order valence-corrected chi connectivity index (χ0v) is 13.4. The fraction of sp³-hybridized carbons (Fsp3) is 0.200. The Morgan fingerprint density at radius 3 is 2.43 bits per heavy atom. The van der Waals surface area contributed by atoms with Crippen LogP contribution in [0.3, 0.4) is 0 Å². The standard InChI is InChI=1S/C15H12BrClF2O2/c1-20-9-6-7-10(12(17)8-9)14(16)11-4-2-3-5-13(11)21-15(18)19/h2-8,14-15H,1H3. The van der Waals surface area contributed by atoms with Crippen molar-refractivity contribution in [3.63, 3.8) is 0 Å². The van der Waals surface area contributed by atoms with Crippen LogP contribution in [0.4, 0.5) is 8.78 Å². The van der Waals surface area contributed by atoms with Gasteiger partial charge in [-0.05, 0) is 23.8 Å². The highest BCUT2D eigenvalue weighted by Gasteiger charge is 2.19. The lowest BCUT2D eigenvalue weighted by Gasteiger charge is -2.17. The minimum absolute atomic E-state index is 0.112. The topological polar surface area (TPSA) is 18.5 Å². The molecule has 0 heterocycles. The SMILES string of the molecule is COc1ccc(C(Br)c2ccccc2OC(F)F)c(Cl)c1. The van der Waals surface area contributed by atoms with E-state index in [9.17, 15) is 8.78 Å². The van der Waals surface area contributed by atoms with Crippen molar-refractivity contribution in [1.82, 2.24) is 0 Å². The lowest BCUT2D eigenvalue weighted by atomic mass is 10.0. The van der Waals surface area contributed by atoms with Crippen LogP contribution in [0, 0.1) is 0 Å². The van der Waals surface area contributed by atoms with E-state index in [0.717, 1.165) is 5.56 Å². The molecule has 1 atom stereocenters. The van der Waals surface area contributed by atoms with Crippen LogP contribution in [0.1, 0.15) is 16.0 Å². The van der Waals surface area contributed by atoms with Crippen molar-refractivity contribution in [2.45, 2.75) is 11.4 Å². The van der Waals surface area contributed by atoms with E-state index in [-0.39, 0.29) is 10.6 Å². The number of benzene rings is 2. The van der Waals surface area contributed by atoms with Gasteiger partial charge in [0.1, 0.15) is 11.5 Å². The Balaban J connectivity index is 2.38. The molecule has 2 rings (SSSR count). The van der Waals surface area contributed by atoms with Crippen LogP contribution in [0.15, 0.2) is 42.5 Å². The van der Waals surface area contributed by atoms with E-state index in [4.69, 9.17) is 16.3 Å². The molecule has 0 aliphatic heterocycles. The van der Waals surface area contributed by atoms with Crippen LogP contribution in [0.2, 0.25) is 5.02 Å². The first kappa shape index (κ1) is 16.0. The highest BCUT2D eigenvalue weighted by molar-refractivity contribution is 9.09. The molecule has 1 unspecified atom stereocenters. The minimum atomic E-state index is -2.88. The summed E-state index contributed by atoms with van der Waals surface area (Å²) in [6, 6.07) is 11.8. The van der Waals surface area contributed by atoms with E-state index in [1.165, 1.54) is 6.07 Å². The van der Waals surface area contributed by atoms with E-state index in [1.54, 1.807) is 43.5 Å². The number of rotatable bonds is 5. The third-order valence-electron chi connectivity index (χ3n) is 2.89. The molecule has 2 aromatic carbocycles. The summed E-state index contributed by atoms with van der Waals surface area (Å²) >= 11 is 9.69. The fourth-order valence-corrected chi connectivity index (χ4v) is 3.09. The molecule has 0 aliphatic carbocycles. The van der Waals surface area contributed by atoms with Crippen LogP contribution in [0.5, 0.6) is 11.5 Å². The van der Waals surface area contributed by atoms with E-state index < -0.39 is 6.61 Å². The summed E-state index contributed by atoms with van der Waals surface area (Å²) in [6.45, 7) is -2.88. The number of alkyl halides is 3. The largest absolute Gasteiger partial charge is 0.497 e. The van der Waals surface area contributed by atoms with Gasteiger partial charge in [0.2, 0.25) is 0 Å². The van der Waals surface area contributed by atoms with Crippen LogP contribution in [-0.4, -0.2) is 13.7 Å². The molecule has 6 heteroatoms. The van der Waals surface area contributed by atoms with E-state index in [0.29, 0.717) is 16.3 Å². The van der Waals surface area contributed by atoms with Gasteiger partial charge in [0.25, 0.3) is 0 Å². The number of ether oxygens (including phenoxy) is 2. The smallest absolute Gasteiger partial charge is 0.387 e. The van der Waals surface area contributed by atoms with E-state index in [2.05, 4.69) is 20.7 Å². The second-order valence-corrected chi connectivity index (χ2v) is 5.49. The van der Waals surface area contributed by atoms with Gasteiger partial charge in [0.05, 0.1) is 11.9 Å². The molecule has 0 spiro atoms. The number of hydrogen-bond donors (Lipinski definition) is 0. The lowest BCUT2D eigenvalue weighted by Crippen LogP contribution is -2.06. The molecule has 0 fully saturated rings. The van der Waals surface area contributed by atoms with Crippen molar-refractivity contribution in [1.29, 1.82) is 0 Å². The van der Waals surface area contributed by atoms with Gasteiger partial charge in [-0.25, -0.2) is 0 Å². The maximum Gasteiger partial charge on any atom is 0.387 e. The first-order valence-electron chi connectivity index (χ1n) is 6.04. The maximum atomic E-state index is 12.5. The Morgan fingerprint density at radius 2 is 1.81 bits per heavy atom. The molecule has 21 heavy (non-hydrogen) atoms. The van der Waals surface area contributed by atoms with Crippen molar-refractivity contribution >= 4 is 27.5 Å². The summed E-state index contributed by atoms with van der Waals surface area (Å²) < 4.78 is 34.6. The van der Waals surface area contributed by atoms with Gasteiger partial charge < -0.3 is 9.47 Å². The number of methoxy groups -OCH3 is 1. The Hall–Kier alpha value is -1.33. The molecular formula is C15H12BrClF2O2.